The van der Waals surface area contributed by atoms with E-state index in [1.807, 2.05) is 0 Å². The van der Waals surface area contributed by atoms with E-state index in [0.29, 0.717) is 16.7 Å². The molecule has 0 saturated heterocycles. The zero-order valence-electron chi connectivity index (χ0n) is 13.1. The zero-order valence-corrected chi connectivity index (χ0v) is 13.1. The van der Waals surface area contributed by atoms with Gasteiger partial charge in [0.05, 0.1) is 13.7 Å². The van der Waals surface area contributed by atoms with Crippen LogP contribution in [0.5, 0.6) is 5.75 Å². The van der Waals surface area contributed by atoms with Gasteiger partial charge in [-0.2, -0.15) is 13.2 Å². The fourth-order valence-corrected chi connectivity index (χ4v) is 2.47. The molecule has 0 bridgehead atoms. The average molecular weight is 345 g/mol. The van der Waals surface area contributed by atoms with Gasteiger partial charge in [0.1, 0.15) is 11.3 Å². The molecule has 0 aliphatic rings. The summed E-state index contributed by atoms with van der Waals surface area (Å²) < 4.78 is 48.3. The molecule has 5 nitrogen and oxygen atoms in total. The SMILES string of the molecule is COc1ccc2c(CN(CCCO)CC(F)(F)F)cc(=O)oc2c1. The van der Waals surface area contributed by atoms with Crippen LogP contribution >= 0.6 is 0 Å². The van der Waals surface area contributed by atoms with Crippen molar-refractivity contribution in [1.29, 1.82) is 0 Å². The van der Waals surface area contributed by atoms with Crippen molar-refractivity contribution in [2.45, 2.75) is 19.1 Å². The quantitative estimate of drug-likeness (QED) is 0.782. The van der Waals surface area contributed by atoms with Gasteiger partial charge in [-0.05, 0) is 24.1 Å². The summed E-state index contributed by atoms with van der Waals surface area (Å²) in [6.07, 6.45) is -4.16. The van der Waals surface area contributed by atoms with Gasteiger partial charge in [0.15, 0.2) is 0 Å². The highest BCUT2D eigenvalue weighted by molar-refractivity contribution is 5.81. The summed E-state index contributed by atoms with van der Waals surface area (Å²) in [5.41, 5.74) is 0.0527. The average Bonchev–Trinajstić information content (AvgIpc) is 2.50. The van der Waals surface area contributed by atoms with Crippen LogP contribution in [0.3, 0.4) is 0 Å². The molecule has 0 fully saturated rings. The molecule has 2 aromatic rings. The van der Waals surface area contributed by atoms with Crippen LogP contribution in [0.1, 0.15) is 12.0 Å². The van der Waals surface area contributed by atoms with Crippen LogP contribution in [0.2, 0.25) is 0 Å². The maximum atomic E-state index is 12.7. The standard InChI is InChI=1S/C16H18F3NO4/c1-23-12-3-4-13-11(7-15(22)24-14(13)8-12)9-20(5-2-6-21)10-16(17,18)19/h3-4,7-8,21H,2,5-6,9-10H2,1H3. The highest BCUT2D eigenvalue weighted by Crippen LogP contribution is 2.25. The molecule has 0 spiro atoms. The number of rotatable bonds is 7. The van der Waals surface area contributed by atoms with Crippen molar-refractivity contribution in [3.63, 3.8) is 0 Å². The van der Waals surface area contributed by atoms with Crippen LogP contribution in [-0.4, -0.2) is 43.0 Å². The van der Waals surface area contributed by atoms with Gasteiger partial charge in [0, 0.05) is 37.2 Å². The van der Waals surface area contributed by atoms with Crippen molar-refractivity contribution < 1.29 is 27.4 Å². The summed E-state index contributed by atoms with van der Waals surface area (Å²) in [6, 6.07) is 6.00. The third-order valence-corrected chi connectivity index (χ3v) is 3.47. The van der Waals surface area contributed by atoms with Gasteiger partial charge in [-0.25, -0.2) is 4.79 Å². The lowest BCUT2D eigenvalue weighted by Gasteiger charge is -2.23. The van der Waals surface area contributed by atoms with Crippen LogP contribution in [0, 0.1) is 0 Å². The summed E-state index contributed by atoms with van der Waals surface area (Å²) in [4.78, 5) is 12.8. The second kappa shape index (κ2) is 7.67. The molecule has 0 amide bonds. The number of nitrogens with zero attached hydrogens (tertiary/aromatic N) is 1. The molecule has 24 heavy (non-hydrogen) atoms. The van der Waals surface area contributed by atoms with E-state index < -0.39 is 18.3 Å². The van der Waals surface area contributed by atoms with E-state index in [0.717, 1.165) is 4.90 Å². The van der Waals surface area contributed by atoms with E-state index in [-0.39, 0.29) is 31.7 Å². The number of aliphatic hydroxyl groups is 1. The van der Waals surface area contributed by atoms with E-state index in [1.165, 1.54) is 19.2 Å². The van der Waals surface area contributed by atoms with E-state index in [2.05, 4.69) is 0 Å². The molecule has 1 aromatic carbocycles. The molecule has 1 heterocycles. The number of halogens is 3. The number of alkyl halides is 3. The van der Waals surface area contributed by atoms with Crippen molar-refractivity contribution >= 4 is 11.0 Å². The van der Waals surface area contributed by atoms with E-state index >= 15 is 0 Å². The van der Waals surface area contributed by atoms with Crippen molar-refractivity contribution in [2.24, 2.45) is 0 Å². The molecule has 2 rings (SSSR count). The summed E-state index contributed by atoms with van der Waals surface area (Å²) >= 11 is 0. The maximum absolute atomic E-state index is 12.7. The van der Waals surface area contributed by atoms with Crippen molar-refractivity contribution in [3.8, 4) is 5.75 Å². The van der Waals surface area contributed by atoms with Crippen LogP contribution in [0.25, 0.3) is 11.0 Å². The van der Waals surface area contributed by atoms with Gasteiger partial charge >= 0.3 is 11.8 Å². The molecular formula is C16H18F3NO4. The number of hydrogen-bond acceptors (Lipinski definition) is 5. The fourth-order valence-electron chi connectivity index (χ4n) is 2.47. The molecule has 0 unspecified atom stereocenters. The monoisotopic (exact) mass is 345 g/mol. The van der Waals surface area contributed by atoms with Crippen molar-refractivity contribution in [2.75, 3.05) is 26.8 Å². The Morgan fingerprint density at radius 3 is 2.67 bits per heavy atom. The number of fused-ring (bicyclic) bond motifs is 1. The summed E-state index contributed by atoms with van der Waals surface area (Å²) in [5, 5.41) is 9.41. The molecule has 1 N–H and O–H groups in total. The Morgan fingerprint density at radius 1 is 1.29 bits per heavy atom. The summed E-state index contributed by atoms with van der Waals surface area (Å²) in [7, 11) is 1.46. The molecular weight excluding hydrogens is 327 g/mol. The van der Waals surface area contributed by atoms with Gasteiger partial charge in [-0.1, -0.05) is 0 Å². The van der Waals surface area contributed by atoms with E-state index in [9.17, 15) is 18.0 Å². The number of methoxy groups -OCH3 is 1. The Bertz CT molecular complexity index is 742. The lowest BCUT2D eigenvalue weighted by Crippen LogP contribution is -2.35. The second-order valence-corrected chi connectivity index (χ2v) is 5.36. The van der Waals surface area contributed by atoms with Crippen LogP contribution in [0.4, 0.5) is 13.2 Å². The Morgan fingerprint density at radius 2 is 2.04 bits per heavy atom. The van der Waals surface area contributed by atoms with E-state index in [4.69, 9.17) is 14.3 Å². The minimum Gasteiger partial charge on any atom is -0.497 e. The molecule has 0 saturated carbocycles. The third-order valence-electron chi connectivity index (χ3n) is 3.47. The molecule has 0 aliphatic carbocycles. The fraction of sp³-hybridized carbons (Fsp3) is 0.438. The van der Waals surface area contributed by atoms with Gasteiger partial charge in [0.25, 0.3) is 0 Å². The first-order valence-electron chi connectivity index (χ1n) is 7.33. The number of ether oxygens (including phenoxy) is 1. The number of hydrogen-bond donors (Lipinski definition) is 1. The van der Waals surface area contributed by atoms with E-state index in [1.54, 1.807) is 12.1 Å². The van der Waals surface area contributed by atoms with Gasteiger partial charge in [-0.3, -0.25) is 4.90 Å². The van der Waals surface area contributed by atoms with Gasteiger partial charge < -0.3 is 14.3 Å². The van der Waals surface area contributed by atoms with Crippen LogP contribution < -0.4 is 10.4 Å². The molecule has 1 aromatic heterocycles. The first kappa shape index (κ1) is 18.3. The van der Waals surface area contributed by atoms with Crippen LogP contribution in [0.15, 0.2) is 33.5 Å². The topological polar surface area (TPSA) is 62.9 Å². The smallest absolute Gasteiger partial charge is 0.401 e. The third kappa shape index (κ3) is 4.97. The minimum absolute atomic E-state index is 0.0634. The number of aliphatic hydroxyl groups excluding tert-OH is 1. The molecule has 0 aliphatic heterocycles. The van der Waals surface area contributed by atoms with Crippen LogP contribution in [-0.2, 0) is 6.54 Å². The molecule has 0 radical (unpaired) electrons. The first-order chi connectivity index (χ1) is 11.3. The number of benzene rings is 1. The lowest BCUT2D eigenvalue weighted by atomic mass is 10.1. The predicted octanol–water partition coefficient (Wildman–Crippen LogP) is 2.55. The van der Waals surface area contributed by atoms with Gasteiger partial charge in [-0.15, -0.1) is 0 Å². The predicted molar refractivity (Wildman–Crippen MR) is 82.1 cm³/mol. The maximum Gasteiger partial charge on any atom is 0.401 e. The Labute approximate surface area is 136 Å². The highest BCUT2D eigenvalue weighted by atomic mass is 19.4. The normalized spacial score (nSPS) is 12.1. The lowest BCUT2D eigenvalue weighted by molar-refractivity contribution is -0.147. The zero-order chi connectivity index (χ0) is 17.7. The Balaban J connectivity index is 2.36. The Kier molecular flexibility index (Phi) is 5.84. The highest BCUT2D eigenvalue weighted by Gasteiger charge is 2.30. The molecule has 0 atom stereocenters. The van der Waals surface area contributed by atoms with Crippen molar-refractivity contribution in [3.05, 3.63) is 40.2 Å². The van der Waals surface area contributed by atoms with Crippen molar-refractivity contribution in [1.82, 2.24) is 4.90 Å². The summed E-state index contributed by atoms with van der Waals surface area (Å²) in [6.45, 7) is -1.34. The summed E-state index contributed by atoms with van der Waals surface area (Å²) in [5.74, 6) is 0.482. The molecule has 132 valence electrons. The minimum atomic E-state index is -4.37. The molecule has 8 heteroatoms. The largest absolute Gasteiger partial charge is 0.497 e. The second-order valence-electron chi connectivity index (χ2n) is 5.36. The first-order valence-corrected chi connectivity index (χ1v) is 7.33. The Hall–Kier alpha value is -2.06. The van der Waals surface area contributed by atoms with Gasteiger partial charge in [0.2, 0.25) is 0 Å².